The average molecular weight is 395 g/mol. The van der Waals surface area contributed by atoms with Crippen LogP contribution >= 0.6 is 11.8 Å². The Labute approximate surface area is 165 Å². The number of ether oxygens (including phenoxy) is 1. The molecule has 2 atom stereocenters. The highest BCUT2D eigenvalue weighted by Gasteiger charge is 2.40. The van der Waals surface area contributed by atoms with Gasteiger partial charge in [-0.25, -0.2) is 4.99 Å². The van der Waals surface area contributed by atoms with E-state index < -0.39 is 0 Å². The Balaban J connectivity index is 1.57. The minimum absolute atomic E-state index is 0.0132. The summed E-state index contributed by atoms with van der Waals surface area (Å²) in [4.78, 5) is 18.0. The Kier molecular flexibility index (Phi) is 7.07. The number of furan rings is 1. The molecular formula is C19H30N4O3S. The number of guanidine groups is 1. The number of hydrogen-bond acceptors (Lipinski definition) is 5. The van der Waals surface area contributed by atoms with Gasteiger partial charge in [0.15, 0.2) is 5.96 Å². The molecule has 27 heavy (non-hydrogen) atoms. The van der Waals surface area contributed by atoms with Crippen LogP contribution < -0.4 is 10.6 Å². The second kappa shape index (κ2) is 9.50. The summed E-state index contributed by atoms with van der Waals surface area (Å²) in [6.07, 6.45) is 5.50. The van der Waals surface area contributed by atoms with Crippen molar-refractivity contribution >= 4 is 23.6 Å². The van der Waals surface area contributed by atoms with Crippen LogP contribution in [0.15, 0.2) is 27.8 Å². The molecular weight excluding hydrogens is 364 g/mol. The molecule has 1 aromatic heterocycles. The highest BCUT2D eigenvalue weighted by atomic mass is 32.2. The van der Waals surface area contributed by atoms with Crippen LogP contribution in [0.3, 0.4) is 0 Å². The summed E-state index contributed by atoms with van der Waals surface area (Å²) in [5.41, 5.74) is 0.0132. The van der Waals surface area contributed by atoms with Gasteiger partial charge in [0, 0.05) is 45.5 Å². The molecule has 0 aliphatic carbocycles. The lowest BCUT2D eigenvalue weighted by Crippen LogP contribution is -2.52. The first-order chi connectivity index (χ1) is 13.1. The van der Waals surface area contributed by atoms with Gasteiger partial charge in [0.05, 0.1) is 11.9 Å². The zero-order valence-corrected chi connectivity index (χ0v) is 17.0. The molecule has 0 radical (unpaired) electrons. The first kappa shape index (κ1) is 20.1. The van der Waals surface area contributed by atoms with Gasteiger partial charge in [-0.1, -0.05) is 0 Å². The molecule has 3 rings (SSSR count). The van der Waals surface area contributed by atoms with E-state index in [0.717, 1.165) is 43.8 Å². The van der Waals surface area contributed by atoms with Crippen molar-refractivity contribution < 1.29 is 13.9 Å². The highest BCUT2D eigenvalue weighted by Crippen LogP contribution is 2.38. The summed E-state index contributed by atoms with van der Waals surface area (Å²) in [5, 5.41) is 6.87. The predicted molar refractivity (Wildman–Crippen MR) is 108 cm³/mol. The maximum Gasteiger partial charge on any atom is 0.243 e. The molecule has 1 amide bonds. The molecule has 2 unspecified atom stereocenters. The van der Waals surface area contributed by atoms with Crippen LogP contribution in [0, 0.1) is 0 Å². The Morgan fingerprint density at radius 1 is 1.48 bits per heavy atom. The van der Waals surface area contributed by atoms with Crippen molar-refractivity contribution in [3.05, 3.63) is 24.2 Å². The summed E-state index contributed by atoms with van der Waals surface area (Å²) >= 11 is 1.97. The predicted octanol–water partition coefficient (Wildman–Crippen LogP) is 1.50. The third-order valence-electron chi connectivity index (χ3n) is 5.02. The zero-order valence-electron chi connectivity index (χ0n) is 16.2. The fourth-order valence-corrected chi connectivity index (χ4v) is 4.79. The lowest BCUT2D eigenvalue weighted by Gasteiger charge is -2.38. The van der Waals surface area contributed by atoms with Gasteiger partial charge < -0.3 is 24.7 Å². The highest BCUT2D eigenvalue weighted by molar-refractivity contribution is 7.99. The molecule has 2 saturated heterocycles. The Bertz CT molecular complexity index is 627. The first-order valence-electron chi connectivity index (χ1n) is 9.55. The van der Waals surface area contributed by atoms with E-state index in [1.807, 2.05) is 23.9 Å². The molecule has 1 aromatic rings. The maximum absolute atomic E-state index is 11.9. The summed E-state index contributed by atoms with van der Waals surface area (Å²) in [6, 6.07) is 4.16. The fraction of sp³-hybridized carbons (Fsp3) is 0.684. The molecule has 0 bridgehead atoms. The lowest BCUT2D eigenvalue weighted by molar-refractivity contribution is -0.127. The van der Waals surface area contributed by atoms with E-state index in [1.165, 1.54) is 5.75 Å². The monoisotopic (exact) mass is 394 g/mol. The molecule has 3 heterocycles. The third kappa shape index (κ3) is 5.90. The molecule has 150 valence electrons. The van der Waals surface area contributed by atoms with E-state index in [9.17, 15) is 4.79 Å². The summed E-state index contributed by atoms with van der Waals surface area (Å²) in [5.74, 6) is 3.84. The molecule has 0 saturated carbocycles. The summed E-state index contributed by atoms with van der Waals surface area (Å²) in [7, 11) is 3.49. The zero-order chi connectivity index (χ0) is 19.1. The molecule has 1 spiro atoms. The maximum atomic E-state index is 11.9. The van der Waals surface area contributed by atoms with E-state index in [0.29, 0.717) is 18.5 Å². The van der Waals surface area contributed by atoms with Crippen LogP contribution in [0.25, 0.3) is 0 Å². The van der Waals surface area contributed by atoms with Crippen molar-refractivity contribution in [2.75, 3.05) is 45.3 Å². The number of hydrogen-bond donors (Lipinski definition) is 2. The second-order valence-electron chi connectivity index (χ2n) is 7.38. The van der Waals surface area contributed by atoms with Crippen molar-refractivity contribution in [3.8, 4) is 0 Å². The van der Waals surface area contributed by atoms with Crippen LogP contribution in [-0.2, 0) is 16.0 Å². The number of amides is 1. The Morgan fingerprint density at radius 3 is 3.07 bits per heavy atom. The summed E-state index contributed by atoms with van der Waals surface area (Å²) in [6.45, 7) is 1.60. The van der Waals surface area contributed by atoms with Gasteiger partial charge in [-0.2, -0.15) is 11.8 Å². The summed E-state index contributed by atoms with van der Waals surface area (Å²) < 4.78 is 11.5. The quantitative estimate of drug-likeness (QED) is 0.562. The third-order valence-corrected chi connectivity index (χ3v) is 6.24. The normalized spacial score (nSPS) is 25.6. The number of aliphatic imine (C=N–C) groups is 1. The Hall–Kier alpha value is -1.67. The van der Waals surface area contributed by atoms with E-state index in [1.54, 1.807) is 25.3 Å². The molecule has 2 N–H and O–H groups in total. The topological polar surface area (TPSA) is 79.1 Å². The molecule has 8 heteroatoms. The van der Waals surface area contributed by atoms with Gasteiger partial charge in [0.1, 0.15) is 12.3 Å². The SMILES string of the molecule is CN(C)C(=O)CN=C(NCCc1ccco1)NC1CCOC2(CCSC2)C1. The second-order valence-corrected chi connectivity index (χ2v) is 8.48. The van der Waals surface area contributed by atoms with Gasteiger partial charge >= 0.3 is 0 Å². The van der Waals surface area contributed by atoms with E-state index >= 15 is 0 Å². The van der Waals surface area contributed by atoms with Crippen LogP contribution in [-0.4, -0.2) is 73.7 Å². The number of thioether (sulfide) groups is 1. The largest absolute Gasteiger partial charge is 0.469 e. The van der Waals surface area contributed by atoms with Crippen LogP contribution in [0.5, 0.6) is 0 Å². The van der Waals surface area contributed by atoms with Gasteiger partial charge in [-0.15, -0.1) is 0 Å². The van der Waals surface area contributed by atoms with E-state index in [2.05, 4.69) is 15.6 Å². The first-order valence-corrected chi connectivity index (χ1v) is 10.7. The van der Waals surface area contributed by atoms with E-state index in [-0.39, 0.29) is 18.1 Å². The van der Waals surface area contributed by atoms with Crippen molar-refractivity contribution in [3.63, 3.8) is 0 Å². The number of carbonyl (C=O) groups excluding carboxylic acids is 1. The van der Waals surface area contributed by atoms with E-state index in [4.69, 9.17) is 9.15 Å². The fourth-order valence-electron chi connectivity index (χ4n) is 3.41. The lowest BCUT2D eigenvalue weighted by atomic mass is 9.90. The average Bonchev–Trinajstić information content (AvgIpc) is 3.32. The van der Waals surface area contributed by atoms with Crippen LogP contribution in [0.2, 0.25) is 0 Å². The van der Waals surface area contributed by atoms with Crippen LogP contribution in [0.4, 0.5) is 0 Å². The van der Waals surface area contributed by atoms with Gasteiger partial charge in [0.25, 0.3) is 0 Å². The minimum Gasteiger partial charge on any atom is -0.469 e. The Morgan fingerprint density at radius 2 is 2.37 bits per heavy atom. The molecule has 2 fully saturated rings. The van der Waals surface area contributed by atoms with Crippen LogP contribution in [0.1, 0.15) is 25.0 Å². The van der Waals surface area contributed by atoms with Gasteiger partial charge in [0.2, 0.25) is 5.91 Å². The number of likely N-dealkylation sites (N-methyl/N-ethyl adjacent to an activating group) is 1. The molecule has 7 nitrogen and oxygen atoms in total. The molecule has 0 aromatic carbocycles. The van der Waals surface area contributed by atoms with Crippen molar-refractivity contribution in [2.24, 2.45) is 4.99 Å². The van der Waals surface area contributed by atoms with Crippen molar-refractivity contribution in [2.45, 2.75) is 37.3 Å². The molecule has 2 aliphatic rings. The number of nitrogens with zero attached hydrogens (tertiary/aromatic N) is 2. The number of carbonyl (C=O) groups is 1. The van der Waals surface area contributed by atoms with Crippen molar-refractivity contribution in [1.29, 1.82) is 0 Å². The van der Waals surface area contributed by atoms with Gasteiger partial charge in [-0.05, 0) is 37.1 Å². The van der Waals surface area contributed by atoms with Crippen molar-refractivity contribution in [1.82, 2.24) is 15.5 Å². The minimum atomic E-state index is -0.0159. The molecule has 2 aliphatic heterocycles. The number of rotatable bonds is 6. The van der Waals surface area contributed by atoms with Gasteiger partial charge in [-0.3, -0.25) is 4.79 Å². The standard InChI is InChI=1S/C19H30N4O3S/c1-23(2)17(24)13-21-18(20-8-5-16-4-3-9-25-16)22-15-6-10-26-19(12-15)7-11-27-14-19/h3-4,9,15H,5-8,10-14H2,1-2H3,(H2,20,21,22). The number of nitrogens with one attached hydrogen (secondary N) is 2. The smallest absolute Gasteiger partial charge is 0.243 e.